The van der Waals surface area contributed by atoms with E-state index in [2.05, 4.69) is 10.6 Å². The highest BCUT2D eigenvalue weighted by molar-refractivity contribution is 5.74. The zero-order valence-electron chi connectivity index (χ0n) is 7.82. The molecular weight excluding hydrogens is 178 g/mol. The first kappa shape index (κ1) is 10.1. The Labute approximate surface area is 82.5 Å². The number of rotatable bonds is 2. The molecule has 0 bridgehead atoms. The van der Waals surface area contributed by atoms with E-state index in [4.69, 9.17) is 5.26 Å². The van der Waals surface area contributed by atoms with E-state index in [1.807, 2.05) is 24.3 Å². The van der Waals surface area contributed by atoms with Crippen LogP contribution >= 0.6 is 0 Å². The highest BCUT2D eigenvalue weighted by Crippen LogP contribution is 2.10. The molecule has 14 heavy (non-hydrogen) atoms. The van der Waals surface area contributed by atoms with Gasteiger partial charge in [-0.15, -0.1) is 0 Å². The minimum Gasteiger partial charge on any atom is -0.341 e. The van der Waals surface area contributed by atoms with Crippen molar-refractivity contribution in [2.75, 3.05) is 7.05 Å². The van der Waals surface area contributed by atoms with E-state index in [-0.39, 0.29) is 6.03 Å². The molecule has 4 heteroatoms. The molecule has 1 aromatic rings. The molecule has 1 aromatic carbocycles. The Morgan fingerprint density at radius 1 is 1.43 bits per heavy atom. The fourth-order valence-corrected chi connectivity index (χ4v) is 1.04. The maximum absolute atomic E-state index is 11.0. The Balaban J connectivity index is 2.74. The lowest BCUT2D eigenvalue weighted by atomic mass is 10.1. The van der Waals surface area contributed by atoms with Crippen molar-refractivity contribution in [3.05, 3.63) is 35.9 Å². The van der Waals surface area contributed by atoms with Crippen LogP contribution in [0.3, 0.4) is 0 Å². The third-order valence-corrected chi connectivity index (χ3v) is 1.76. The molecule has 1 atom stereocenters. The molecule has 0 radical (unpaired) electrons. The summed E-state index contributed by atoms with van der Waals surface area (Å²) < 4.78 is 0. The van der Waals surface area contributed by atoms with Crippen molar-refractivity contribution in [1.29, 1.82) is 5.26 Å². The van der Waals surface area contributed by atoms with Gasteiger partial charge < -0.3 is 10.6 Å². The van der Waals surface area contributed by atoms with Gasteiger partial charge in [-0.2, -0.15) is 5.26 Å². The molecule has 0 aliphatic carbocycles. The second-order valence-electron chi connectivity index (χ2n) is 2.70. The van der Waals surface area contributed by atoms with Gasteiger partial charge in [0.2, 0.25) is 0 Å². The molecule has 4 nitrogen and oxygen atoms in total. The number of hydrogen-bond donors (Lipinski definition) is 2. The van der Waals surface area contributed by atoms with Gasteiger partial charge in [-0.3, -0.25) is 0 Å². The minimum absolute atomic E-state index is 0.361. The van der Waals surface area contributed by atoms with Gasteiger partial charge in [-0.05, 0) is 5.56 Å². The van der Waals surface area contributed by atoms with Crippen LogP contribution in [-0.2, 0) is 0 Å². The van der Waals surface area contributed by atoms with Gasteiger partial charge in [-0.1, -0.05) is 30.3 Å². The maximum Gasteiger partial charge on any atom is 0.315 e. The van der Waals surface area contributed by atoms with E-state index >= 15 is 0 Å². The van der Waals surface area contributed by atoms with Gasteiger partial charge in [0.1, 0.15) is 6.04 Å². The van der Waals surface area contributed by atoms with Crippen molar-refractivity contribution in [2.24, 2.45) is 0 Å². The molecule has 1 rings (SSSR count). The maximum atomic E-state index is 11.0. The number of nitriles is 1. The quantitative estimate of drug-likeness (QED) is 0.733. The predicted octanol–water partition coefficient (Wildman–Crippen LogP) is 1.18. The molecule has 0 aliphatic heterocycles. The van der Waals surface area contributed by atoms with Gasteiger partial charge >= 0.3 is 6.03 Å². The second kappa shape index (κ2) is 4.87. The van der Waals surface area contributed by atoms with E-state index in [1.54, 1.807) is 12.1 Å². The summed E-state index contributed by atoms with van der Waals surface area (Å²) in [7, 11) is 1.51. The number of hydrogen-bond acceptors (Lipinski definition) is 2. The molecule has 2 N–H and O–H groups in total. The lowest BCUT2D eigenvalue weighted by Crippen LogP contribution is -2.35. The first-order chi connectivity index (χ1) is 6.77. The third-order valence-electron chi connectivity index (χ3n) is 1.76. The van der Waals surface area contributed by atoms with Crippen molar-refractivity contribution in [3.8, 4) is 6.07 Å². The van der Waals surface area contributed by atoms with Crippen LogP contribution in [0.4, 0.5) is 4.79 Å². The summed E-state index contributed by atoms with van der Waals surface area (Å²) in [5, 5.41) is 13.8. The van der Waals surface area contributed by atoms with Crippen LogP contribution in [0, 0.1) is 11.3 Å². The zero-order chi connectivity index (χ0) is 10.4. The Morgan fingerprint density at radius 3 is 2.57 bits per heavy atom. The topological polar surface area (TPSA) is 64.9 Å². The molecule has 2 amide bonds. The Morgan fingerprint density at radius 2 is 2.07 bits per heavy atom. The van der Waals surface area contributed by atoms with Gasteiger partial charge in [0.05, 0.1) is 6.07 Å². The monoisotopic (exact) mass is 189 g/mol. The fourth-order valence-electron chi connectivity index (χ4n) is 1.04. The molecule has 0 saturated heterocycles. The van der Waals surface area contributed by atoms with Crippen LogP contribution < -0.4 is 10.6 Å². The summed E-state index contributed by atoms with van der Waals surface area (Å²) in [5.41, 5.74) is 0.776. The molecule has 0 aromatic heterocycles. The van der Waals surface area contributed by atoms with Crippen molar-refractivity contribution in [3.63, 3.8) is 0 Å². The van der Waals surface area contributed by atoms with Crippen LogP contribution in [0.25, 0.3) is 0 Å². The fraction of sp³-hybridized carbons (Fsp3) is 0.200. The van der Waals surface area contributed by atoms with Crippen LogP contribution in [0.2, 0.25) is 0 Å². The average Bonchev–Trinajstić information content (AvgIpc) is 2.26. The molecule has 0 spiro atoms. The Kier molecular flexibility index (Phi) is 3.50. The summed E-state index contributed by atoms with van der Waals surface area (Å²) >= 11 is 0. The number of nitrogens with zero attached hydrogens (tertiary/aromatic N) is 1. The van der Waals surface area contributed by atoms with Crippen molar-refractivity contribution >= 4 is 6.03 Å². The Hall–Kier alpha value is -2.02. The van der Waals surface area contributed by atoms with Gasteiger partial charge in [0, 0.05) is 7.05 Å². The molecular formula is C10H11N3O. The zero-order valence-corrected chi connectivity index (χ0v) is 7.82. The second-order valence-corrected chi connectivity index (χ2v) is 2.70. The van der Waals surface area contributed by atoms with E-state index in [1.165, 1.54) is 7.05 Å². The molecule has 72 valence electrons. The molecule has 1 unspecified atom stereocenters. The smallest absolute Gasteiger partial charge is 0.315 e. The van der Waals surface area contributed by atoms with Crippen molar-refractivity contribution in [2.45, 2.75) is 6.04 Å². The van der Waals surface area contributed by atoms with Crippen LogP contribution in [0.1, 0.15) is 11.6 Å². The highest BCUT2D eigenvalue weighted by atomic mass is 16.2. The van der Waals surface area contributed by atoms with E-state index < -0.39 is 6.04 Å². The summed E-state index contributed by atoms with van der Waals surface area (Å²) in [6, 6.07) is 10.1. The van der Waals surface area contributed by atoms with Gasteiger partial charge in [0.15, 0.2) is 0 Å². The van der Waals surface area contributed by atoms with Crippen LogP contribution in [-0.4, -0.2) is 13.1 Å². The van der Waals surface area contributed by atoms with Gasteiger partial charge in [-0.25, -0.2) is 4.79 Å². The standard InChI is InChI=1S/C10H11N3O/c1-12-10(14)13-9(7-11)8-5-3-2-4-6-8/h2-6,9H,1H3,(H2,12,13,14). The number of nitrogens with one attached hydrogen (secondary N) is 2. The normalized spacial score (nSPS) is 11.1. The lowest BCUT2D eigenvalue weighted by Gasteiger charge is -2.10. The van der Waals surface area contributed by atoms with Gasteiger partial charge in [0.25, 0.3) is 0 Å². The lowest BCUT2D eigenvalue weighted by molar-refractivity contribution is 0.241. The molecule has 0 fully saturated rings. The average molecular weight is 189 g/mol. The van der Waals surface area contributed by atoms with E-state index in [0.717, 1.165) is 5.56 Å². The summed E-state index contributed by atoms with van der Waals surface area (Å²) in [6.07, 6.45) is 0. The summed E-state index contributed by atoms with van der Waals surface area (Å²) in [4.78, 5) is 11.0. The third kappa shape index (κ3) is 2.49. The van der Waals surface area contributed by atoms with Crippen molar-refractivity contribution in [1.82, 2.24) is 10.6 Å². The largest absolute Gasteiger partial charge is 0.341 e. The highest BCUT2D eigenvalue weighted by Gasteiger charge is 2.11. The number of urea groups is 1. The Bertz CT molecular complexity index is 342. The molecule has 0 saturated carbocycles. The first-order valence-electron chi connectivity index (χ1n) is 4.20. The SMILES string of the molecule is CNC(=O)NC(C#N)c1ccccc1. The summed E-state index contributed by atoms with van der Waals surface area (Å²) in [6.45, 7) is 0. The number of amides is 2. The summed E-state index contributed by atoms with van der Waals surface area (Å²) in [5.74, 6) is 0. The molecule has 0 aliphatic rings. The number of benzene rings is 1. The molecule has 0 heterocycles. The van der Waals surface area contributed by atoms with Crippen LogP contribution in [0.5, 0.6) is 0 Å². The first-order valence-corrected chi connectivity index (χ1v) is 4.20. The number of carbonyl (C=O) groups is 1. The predicted molar refractivity (Wildman–Crippen MR) is 52.4 cm³/mol. The van der Waals surface area contributed by atoms with E-state index in [9.17, 15) is 4.79 Å². The number of carbonyl (C=O) groups excluding carboxylic acids is 1. The van der Waals surface area contributed by atoms with Crippen LogP contribution in [0.15, 0.2) is 30.3 Å². The van der Waals surface area contributed by atoms with Crippen molar-refractivity contribution < 1.29 is 4.79 Å². The minimum atomic E-state index is -0.601. The van der Waals surface area contributed by atoms with E-state index in [0.29, 0.717) is 0 Å².